The Morgan fingerprint density at radius 3 is 2.36 bits per heavy atom. The van der Waals surface area contributed by atoms with Crippen LogP contribution in [0.15, 0.2) is 28.9 Å². The van der Waals surface area contributed by atoms with Gasteiger partial charge in [-0.2, -0.15) is 4.98 Å². The summed E-state index contributed by atoms with van der Waals surface area (Å²) in [6.07, 6.45) is 2.87. The van der Waals surface area contributed by atoms with Gasteiger partial charge in [-0.25, -0.2) is 13.8 Å². The molecule has 152 valence electrons. The molecular weight excluding hydrogens is 428 g/mol. The first-order valence-corrected chi connectivity index (χ1v) is 10.0. The zero-order chi connectivity index (χ0) is 20.7. The predicted molar refractivity (Wildman–Crippen MR) is 112 cm³/mol. The van der Waals surface area contributed by atoms with Crippen molar-refractivity contribution in [1.82, 2.24) is 14.9 Å². The standard InChI is InChI=1S/C20H26BrF2N5/c1-19(2)9-13(10-20(3,4)28(19)5)25-17-16(23)11-24-18(27-17)26-12-6-7-15(22)14(21)8-12/h6-8,11,13H,9-10H2,1-5H3,(H2,24,25,26,27). The van der Waals surface area contributed by atoms with E-state index in [9.17, 15) is 8.78 Å². The van der Waals surface area contributed by atoms with E-state index >= 15 is 0 Å². The number of nitrogens with zero attached hydrogens (tertiary/aromatic N) is 3. The molecule has 8 heteroatoms. The molecule has 0 amide bonds. The van der Waals surface area contributed by atoms with Crippen molar-refractivity contribution in [2.75, 3.05) is 17.7 Å². The number of halogens is 3. The largest absolute Gasteiger partial charge is 0.365 e. The first kappa shape index (κ1) is 20.9. The van der Waals surface area contributed by atoms with Crippen molar-refractivity contribution in [3.63, 3.8) is 0 Å². The zero-order valence-electron chi connectivity index (χ0n) is 16.8. The molecule has 5 nitrogen and oxygen atoms in total. The highest BCUT2D eigenvalue weighted by molar-refractivity contribution is 9.10. The van der Waals surface area contributed by atoms with Gasteiger partial charge in [0.15, 0.2) is 11.6 Å². The van der Waals surface area contributed by atoms with Gasteiger partial charge >= 0.3 is 0 Å². The number of anilines is 3. The second kappa shape index (κ2) is 7.55. The summed E-state index contributed by atoms with van der Waals surface area (Å²) in [5.74, 6) is -0.450. The van der Waals surface area contributed by atoms with E-state index in [2.05, 4.69) is 76.2 Å². The number of benzene rings is 1. The maximum atomic E-state index is 14.4. The second-order valence-corrected chi connectivity index (χ2v) is 9.43. The Morgan fingerprint density at radius 2 is 1.75 bits per heavy atom. The summed E-state index contributed by atoms with van der Waals surface area (Å²) in [6.45, 7) is 8.77. The number of hydrogen-bond donors (Lipinski definition) is 2. The number of nitrogens with one attached hydrogen (secondary N) is 2. The molecule has 2 heterocycles. The van der Waals surface area contributed by atoms with Crippen LogP contribution in [0.3, 0.4) is 0 Å². The van der Waals surface area contributed by atoms with Crippen molar-refractivity contribution in [1.29, 1.82) is 0 Å². The summed E-state index contributed by atoms with van der Waals surface area (Å²) >= 11 is 3.15. The molecule has 0 aliphatic carbocycles. The fraction of sp³-hybridized carbons (Fsp3) is 0.500. The van der Waals surface area contributed by atoms with E-state index in [1.54, 1.807) is 12.1 Å². The van der Waals surface area contributed by atoms with E-state index in [-0.39, 0.29) is 34.7 Å². The van der Waals surface area contributed by atoms with E-state index in [0.717, 1.165) is 19.0 Å². The molecule has 0 spiro atoms. The fourth-order valence-corrected chi connectivity index (χ4v) is 4.28. The van der Waals surface area contributed by atoms with Crippen LogP contribution in [0.2, 0.25) is 0 Å². The third kappa shape index (κ3) is 4.43. The molecule has 0 saturated carbocycles. The minimum absolute atomic E-state index is 0.0234. The normalized spacial score (nSPS) is 19.4. The van der Waals surface area contributed by atoms with Crippen molar-refractivity contribution >= 4 is 33.4 Å². The molecule has 2 N–H and O–H groups in total. The topological polar surface area (TPSA) is 53.1 Å². The first-order valence-electron chi connectivity index (χ1n) is 9.23. The minimum Gasteiger partial charge on any atom is -0.365 e. The highest BCUT2D eigenvalue weighted by atomic mass is 79.9. The van der Waals surface area contributed by atoms with Gasteiger partial charge in [0.05, 0.1) is 10.7 Å². The Labute approximate surface area is 173 Å². The Kier molecular flexibility index (Phi) is 5.64. The van der Waals surface area contributed by atoms with E-state index in [4.69, 9.17) is 0 Å². The van der Waals surface area contributed by atoms with Crippen molar-refractivity contribution in [3.8, 4) is 0 Å². The summed E-state index contributed by atoms with van der Waals surface area (Å²) in [6, 6.07) is 4.56. The van der Waals surface area contributed by atoms with Gasteiger partial charge in [-0.05, 0) is 81.7 Å². The average molecular weight is 454 g/mol. The van der Waals surface area contributed by atoms with Crippen LogP contribution in [0, 0.1) is 11.6 Å². The average Bonchev–Trinajstić information content (AvgIpc) is 2.58. The Hall–Kier alpha value is -1.80. The minimum atomic E-state index is -0.500. The molecule has 2 aromatic rings. The Morgan fingerprint density at radius 1 is 1.11 bits per heavy atom. The molecule has 1 aliphatic heterocycles. The van der Waals surface area contributed by atoms with E-state index in [1.807, 2.05) is 0 Å². The van der Waals surface area contributed by atoms with Crippen LogP contribution in [0.1, 0.15) is 40.5 Å². The predicted octanol–water partition coefficient (Wildman–Crippen LogP) is 5.32. The Bertz CT molecular complexity index is 854. The third-order valence-corrected chi connectivity index (χ3v) is 6.18. The maximum Gasteiger partial charge on any atom is 0.229 e. The number of aromatic nitrogens is 2. The van der Waals surface area contributed by atoms with Gasteiger partial charge in [-0.3, -0.25) is 4.90 Å². The molecule has 0 radical (unpaired) electrons. The summed E-state index contributed by atoms with van der Waals surface area (Å²) in [5, 5.41) is 6.25. The highest BCUT2D eigenvalue weighted by Gasteiger charge is 2.43. The number of likely N-dealkylation sites (tertiary alicyclic amines) is 1. The van der Waals surface area contributed by atoms with Crippen molar-refractivity contribution < 1.29 is 8.78 Å². The zero-order valence-corrected chi connectivity index (χ0v) is 18.4. The first-order chi connectivity index (χ1) is 13.0. The number of hydrogen-bond acceptors (Lipinski definition) is 5. The molecule has 1 fully saturated rings. The lowest BCUT2D eigenvalue weighted by atomic mass is 9.77. The van der Waals surface area contributed by atoms with Crippen molar-refractivity contribution in [2.24, 2.45) is 0 Å². The molecule has 1 aromatic carbocycles. The molecule has 1 aromatic heterocycles. The van der Waals surface area contributed by atoms with Crippen molar-refractivity contribution in [2.45, 2.75) is 57.7 Å². The number of rotatable bonds is 4. The molecule has 1 saturated heterocycles. The maximum absolute atomic E-state index is 14.4. The fourth-order valence-electron chi connectivity index (χ4n) is 3.90. The molecule has 0 unspecified atom stereocenters. The van der Waals surface area contributed by atoms with Crippen LogP contribution >= 0.6 is 15.9 Å². The van der Waals surface area contributed by atoms with E-state index in [1.165, 1.54) is 6.07 Å². The monoisotopic (exact) mass is 453 g/mol. The second-order valence-electron chi connectivity index (χ2n) is 8.58. The lowest BCUT2D eigenvalue weighted by molar-refractivity contribution is -0.00778. The van der Waals surface area contributed by atoms with Gasteiger partial charge in [0, 0.05) is 22.8 Å². The summed E-state index contributed by atoms with van der Waals surface area (Å²) < 4.78 is 28.1. The van der Waals surface area contributed by atoms with Crippen LogP contribution in [0.25, 0.3) is 0 Å². The third-order valence-electron chi connectivity index (χ3n) is 5.57. The lowest BCUT2D eigenvalue weighted by Crippen LogP contribution is -2.61. The molecule has 3 rings (SSSR count). The van der Waals surface area contributed by atoms with Crippen LogP contribution in [0.5, 0.6) is 0 Å². The highest BCUT2D eigenvalue weighted by Crippen LogP contribution is 2.38. The van der Waals surface area contributed by atoms with Gasteiger partial charge < -0.3 is 10.6 Å². The van der Waals surface area contributed by atoms with Gasteiger partial charge in [0.1, 0.15) is 5.82 Å². The Balaban J connectivity index is 1.79. The molecular formula is C20H26BrF2N5. The van der Waals surface area contributed by atoms with E-state index in [0.29, 0.717) is 10.2 Å². The summed E-state index contributed by atoms with van der Waals surface area (Å²) in [5.41, 5.74) is 0.557. The quantitative estimate of drug-likeness (QED) is 0.655. The van der Waals surface area contributed by atoms with Gasteiger partial charge in [0.25, 0.3) is 0 Å². The molecule has 1 aliphatic rings. The van der Waals surface area contributed by atoms with Crippen LogP contribution in [-0.2, 0) is 0 Å². The van der Waals surface area contributed by atoms with Crippen LogP contribution in [0.4, 0.5) is 26.2 Å². The van der Waals surface area contributed by atoms with Crippen LogP contribution in [-0.4, -0.2) is 39.0 Å². The van der Waals surface area contributed by atoms with Gasteiger partial charge in [-0.1, -0.05) is 0 Å². The van der Waals surface area contributed by atoms with E-state index < -0.39 is 5.82 Å². The number of piperidine rings is 1. The SMILES string of the molecule is CN1C(C)(C)CC(Nc2nc(Nc3ccc(F)c(Br)c3)ncc2F)CC1(C)C. The summed E-state index contributed by atoms with van der Waals surface area (Å²) in [7, 11) is 2.13. The van der Waals surface area contributed by atoms with Gasteiger partial charge in [-0.15, -0.1) is 0 Å². The molecule has 28 heavy (non-hydrogen) atoms. The van der Waals surface area contributed by atoms with Gasteiger partial charge in [0.2, 0.25) is 5.95 Å². The van der Waals surface area contributed by atoms with Crippen molar-refractivity contribution in [3.05, 3.63) is 40.5 Å². The smallest absolute Gasteiger partial charge is 0.229 e. The van der Waals surface area contributed by atoms with Crippen LogP contribution < -0.4 is 10.6 Å². The molecule has 0 bridgehead atoms. The lowest BCUT2D eigenvalue weighted by Gasteiger charge is -2.53. The molecule has 0 atom stereocenters. The summed E-state index contributed by atoms with van der Waals surface area (Å²) in [4.78, 5) is 10.7.